The molecule has 1 unspecified atom stereocenters. The van der Waals surface area contributed by atoms with Crippen LogP contribution in [0.15, 0.2) is 82.8 Å². The van der Waals surface area contributed by atoms with Crippen LogP contribution in [0.3, 0.4) is 0 Å². The highest BCUT2D eigenvalue weighted by molar-refractivity contribution is 7.80. The maximum Gasteiger partial charge on any atom is 0.573 e. The van der Waals surface area contributed by atoms with Crippen LogP contribution in [-0.4, -0.2) is 29.4 Å². The number of thiocarbonyl (C=S) groups is 1. The first kappa shape index (κ1) is 27.8. The molecule has 0 aliphatic heterocycles. The number of carbonyl (C=O) groups excluding carboxylic acids is 1. The van der Waals surface area contributed by atoms with Crippen molar-refractivity contribution in [2.75, 3.05) is 10.6 Å². The highest BCUT2D eigenvalue weighted by Gasteiger charge is 2.31. The third kappa shape index (κ3) is 8.14. The average molecular weight is 539 g/mol. The fraction of sp³-hybridized carbons (Fsp3) is 0.115. The summed E-state index contributed by atoms with van der Waals surface area (Å²) < 4.78 is 40.5. The van der Waals surface area contributed by atoms with Gasteiger partial charge in [-0.3, -0.25) is 4.79 Å². The largest absolute Gasteiger partial charge is 0.573 e. The molecule has 4 N–H and O–H groups in total. The number of carbonyl (C=O) groups is 1. The number of rotatable bonds is 8. The summed E-state index contributed by atoms with van der Waals surface area (Å²) in [7, 11) is 0. The molecule has 0 spiro atoms. The Morgan fingerprint density at radius 1 is 1.08 bits per heavy atom. The molecule has 8 nitrogen and oxygen atoms in total. The third-order valence-electron chi connectivity index (χ3n) is 4.98. The van der Waals surface area contributed by atoms with E-state index in [2.05, 4.69) is 25.4 Å². The summed E-state index contributed by atoms with van der Waals surface area (Å²) in [6, 6.07) is 20.6. The lowest BCUT2D eigenvalue weighted by molar-refractivity contribution is -0.274. The van der Waals surface area contributed by atoms with Gasteiger partial charge in [0.2, 0.25) is 5.91 Å². The van der Waals surface area contributed by atoms with Crippen molar-refractivity contribution in [2.24, 2.45) is 21.6 Å². The number of nitriles is 1. The first-order valence-electron chi connectivity index (χ1n) is 10.9. The molecule has 0 aromatic heterocycles. The Labute approximate surface area is 221 Å². The highest BCUT2D eigenvalue weighted by atomic mass is 32.1. The number of benzene rings is 3. The zero-order valence-electron chi connectivity index (χ0n) is 19.9. The van der Waals surface area contributed by atoms with Crippen molar-refractivity contribution in [1.29, 1.82) is 5.26 Å². The molecule has 0 radical (unpaired) electrons. The third-order valence-corrected chi connectivity index (χ3v) is 5.32. The summed E-state index contributed by atoms with van der Waals surface area (Å²) >= 11 is 5.28. The molecule has 0 saturated heterocycles. The molecule has 0 aliphatic carbocycles. The van der Waals surface area contributed by atoms with E-state index >= 15 is 0 Å². The van der Waals surface area contributed by atoms with Crippen LogP contribution in [-0.2, 0) is 4.79 Å². The van der Waals surface area contributed by atoms with E-state index in [0.717, 1.165) is 24.0 Å². The summed E-state index contributed by atoms with van der Waals surface area (Å²) in [5.41, 5.74) is 8.87. The van der Waals surface area contributed by atoms with E-state index in [1.807, 2.05) is 31.2 Å². The molecule has 1 atom stereocenters. The first-order chi connectivity index (χ1) is 18.1. The molecule has 38 heavy (non-hydrogen) atoms. The smallest absolute Gasteiger partial charge is 0.406 e. The number of nitrogens with one attached hydrogen (secondary N) is 2. The predicted molar refractivity (Wildman–Crippen MR) is 144 cm³/mol. The summed E-state index contributed by atoms with van der Waals surface area (Å²) in [5.74, 6) is -2.05. The van der Waals surface area contributed by atoms with E-state index < -0.39 is 18.2 Å². The number of amides is 1. The maximum atomic E-state index is 12.7. The number of ether oxygens (including phenoxy) is 1. The molecule has 12 heteroatoms. The Kier molecular flexibility index (Phi) is 9.13. The van der Waals surface area contributed by atoms with Crippen molar-refractivity contribution in [3.8, 4) is 11.8 Å². The normalized spacial score (nSPS) is 12.4. The molecule has 3 aromatic rings. The van der Waals surface area contributed by atoms with Crippen LogP contribution in [0, 0.1) is 24.2 Å². The number of aliphatic imine (C=N–C) groups is 2. The number of alkyl halides is 3. The molecule has 3 aromatic carbocycles. The zero-order valence-corrected chi connectivity index (χ0v) is 20.7. The Balaban J connectivity index is 1.59. The fourth-order valence-electron chi connectivity index (χ4n) is 3.06. The standard InChI is InChI=1S/C26H21F3N6O2S/c1-16-4-2-3-5-22(16)35-25(38)21(14-30)24(36)34-19-8-6-17(7-9-19)23(31)33-15-32-18-10-12-20(13-11-18)37-26(27,28)29/h2-13,15,21H,1H3,(H,34,36)(H,35,38)(H2,31,32,33). The lowest BCUT2D eigenvalue weighted by Crippen LogP contribution is -2.31. The van der Waals surface area contributed by atoms with Gasteiger partial charge in [0.05, 0.1) is 11.8 Å². The van der Waals surface area contributed by atoms with Crippen LogP contribution < -0.4 is 21.1 Å². The Hall–Kier alpha value is -4.76. The van der Waals surface area contributed by atoms with Gasteiger partial charge in [0.25, 0.3) is 0 Å². The van der Waals surface area contributed by atoms with Gasteiger partial charge >= 0.3 is 6.36 Å². The van der Waals surface area contributed by atoms with Gasteiger partial charge in [0.1, 0.15) is 22.9 Å². The predicted octanol–water partition coefficient (Wildman–Crippen LogP) is 5.48. The fourth-order valence-corrected chi connectivity index (χ4v) is 3.33. The molecule has 0 fully saturated rings. The number of aryl methyl sites for hydroxylation is 1. The van der Waals surface area contributed by atoms with Crippen molar-refractivity contribution >= 4 is 52.3 Å². The van der Waals surface area contributed by atoms with Crippen LogP contribution in [0.4, 0.5) is 30.2 Å². The Morgan fingerprint density at radius 2 is 1.74 bits per heavy atom. The summed E-state index contributed by atoms with van der Waals surface area (Å²) in [5, 5.41) is 15.1. The zero-order chi connectivity index (χ0) is 27.7. The molecule has 0 bridgehead atoms. The summed E-state index contributed by atoms with van der Waals surface area (Å²) in [6.07, 6.45) is -3.62. The van der Waals surface area contributed by atoms with E-state index in [9.17, 15) is 23.2 Å². The average Bonchev–Trinajstić information content (AvgIpc) is 2.86. The number of halogens is 3. The van der Waals surface area contributed by atoms with Gasteiger partial charge in [-0.05, 0) is 67.1 Å². The van der Waals surface area contributed by atoms with Gasteiger partial charge in [0, 0.05) is 16.9 Å². The molecule has 0 heterocycles. The Bertz CT molecular complexity index is 1400. The summed E-state index contributed by atoms with van der Waals surface area (Å²) in [4.78, 5) is 20.8. The minimum atomic E-state index is -4.77. The van der Waals surface area contributed by atoms with Crippen LogP contribution in [0.1, 0.15) is 11.1 Å². The van der Waals surface area contributed by atoms with E-state index in [4.69, 9.17) is 18.0 Å². The number of nitrogens with zero attached hydrogens (tertiary/aromatic N) is 3. The highest BCUT2D eigenvalue weighted by Crippen LogP contribution is 2.24. The maximum absolute atomic E-state index is 12.7. The molecular weight excluding hydrogens is 517 g/mol. The monoisotopic (exact) mass is 538 g/mol. The van der Waals surface area contributed by atoms with Crippen molar-refractivity contribution in [3.05, 3.63) is 83.9 Å². The number of hydrogen-bond acceptors (Lipinski definition) is 5. The molecule has 0 aliphatic rings. The van der Waals surface area contributed by atoms with Crippen molar-refractivity contribution in [1.82, 2.24) is 0 Å². The van der Waals surface area contributed by atoms with E-state index in [0.29, 0.717) is 22.6 Å². The second-order valence-corrected chi connectivity index (χ2v) is 8.17. The number of nitrogens with two attached hydrogens (primary N) is 1. The number of para-hydroxylation sites is 1. The van der Waals surface area contributed by atoms with E-state index in [1.54, 1.807) is 30.3 Å². The van der Waals surface area contributed by atoms with Crippen LogP contribution in [0.2, 0.25) is 0 Å². The molecular formula is C26H21F3N6O2S. The second kappa shape index (κ2) is 12.5. The molecule has 3 rings (SSSR count). The van der Waals surface area contributed by atoms with Gasteiger partial charge < -0.3 is 21.1 Å². The topological polar surface area (TPSA) is 125 Å². The van der Waals surface area contributed by atoms with Crippen LogP contribution in [0.5, 0.6) is 5.75 Å². The van der Waals surface area contributed by atoms with Crippen LogP contribution in [0.25, 0.3) is 0 Å². The first-order valence-corrected chi connectivity index (χ1v) is 11.4. The second-order valence-electron chi connectivity index (χ2n) is 7.73. The molecule has 194 valence electrons. The van der Waals surface area contributed by atoms with E-state index in [1.165, 1.54) is 12.1 Å². The molecule has 0 saturated carbocycles. The van der Waals surface area contributed by atoms with Crippen molar-refractivity contribution in [3.63, 3.8) is 0 Å². The summed E-state index contributed by atoms with van der Waals surface area (Å²) in [6.45, 7) is 1.88. The van der Waals surface area contributed by atoms with Gasteiger partial charge in [-0.2, -0.15) is 5.26 Å². The van der Waals surface area contributed by atoms with Crippen molar-refractivity contribution in [2.45, 2.75) is 13.3 Å². The SMILES string of the molecule is Cc1ccccc1NC(=S)C(C#N)C(=O)Nc1ccc(C(N)=NC=Nc2ccc(OC(F)(F)F)cc2)cc1. The number of anilines is 2. The van der Waals surface area contributed by atoms with Crippen molar-refractivity contribution < 1.29 is 22.7 Å². The molecule has 1 amide bonds. The van der Waals surface area contributed by atoms with Gasteiger partial charge in [0.15, 0.2) is 5.92 Å². The van der Waals surface area contributed by atoms with E-state index in [-0.39, 0.29) is 16.6 Å². The quantitative estimate of drug-likeness (QED) is 0.198. The van der Waals surface area contributed by atoms with Gasteiger partial charge in [-0.15, -0.1) is 13.2 Å². The number of amidine groups is 1. The minimum absolute atomic E-state index is 0.0779. The lowest BCUT2D eigenvalue weighted by Gasteiger charge is -2.15. The minimum Gasteiger partial charge on any atom is -0.406 e. The Morgan fingerprint density at radius 3 is 2.34 bits per heavy atom. The number of hydrogen-bond donors (Lipinski definition) is 3. The van der Waals surface area contributed by atoms with Gasteiger partial charge in [-0.25, -0.2) is 9.98 Å². The van der Waals surface area contributed by atoms with Crippen LogP contribution >= 0.6 is 12.2 Å². The van der Waals surface area contributed by atoms with Gasteiger partial charge in [-0.1, -0.05) is 30.4 Å². The lowest BCUT2D eigenvalue weighted by atomic mass is 10.1.